The van der Waals surface area contributed by atoms with Crippen LogP contribution in [0.15, 0.2) is 70.9 Å². The van der Waals surface area contributed by atoms with E-state index in [1.165, 1.54) is 17.3 Å². The van der Waals surface area contributed by atoms with E-state index in [1.54, 1.807) is 36.4 Å². The van der Waals surface area contributed by atoms with Crippen LogP contribution in [-0.2, 0) is 4.79 Å². The molecule has 0 fully saturated rings. The molecule has 0 saturated carbocycles. The van der Waals surface area contributed by atoms with Crippen molar-refractivity contribution in [2.24, 2.45) is 10.2 Å². The van der Waals surface area contributed by atoms with Gasteiger partial charge in [-0.1, -0.05) is 30.3 Å². The van der Waals surface area contributed by atoms with E-state index in [4.69, 9.17) is 0 Å². The number of aryl methyl sites for hydroxylation is 2. The molecule has 3 aromatic carbocycles. The second-order valence-electron chi connectivity index (χ2n) is 7.33. The average Bonchev–Trinajstić information content (AvgIpc) is 3.14. The number of rotatable bonds is 5. The quantitative estimate of drug-likeness (QED) is 0.528. The van der Waals surface area contributed by atoms with Crippen LogP contribution in [0.25, 0.3) is 11.1 Å². The van der Waals surface area contributed by atoms with Crippen molar-refractivity contribution >= 4 is 35.2 Å². The minimum atomic E-state index is -1.21. The van der Waals surface area contributed by atoms with Crippen molar-refractivity contribution in [3.8, 4) is 16.9 Å². The predicted octanol–water partition coefficient (Wildman–Crippen LogP) is 4.17. The number of anilines is 2. The normalized spacial score (nSPS) is 14.2. The largest absolute Gasteiger partial charge is 0.506 e. The molecule has 0 spiro atoms. The van der Waals surface area contributed by atoms with E-state index in [-0.39, 0.29) is 22.9 Å². The molecule has 160 valence electrons. The molecule has 0 aliphatic carbocycles. The monoisotopic (exact) mass is 428 g/mol. The van der Waals surface area contributed by atoms with Gasteiger partial charge in [-0.2, -0.15) is 15.2 Å². The summed E-state index contributed by atoms with van der Waals surface area (Å²) in [4.78, 5) is 24.0. The van der Waals surface area contributed by atoms with Crippen LogP contribution in [0, 0.1) is 13.8 Å². The Morgan fingerprint density at radius 2 is 1.81 bits per heavy atom. The Hall–Kier alpha value is -4.46. The smallest absolute Gasteiger partial charge is 0.339 e. The summed E-state index contributed by atoms with van der Waals surface area (Å²) in [5.41, 5.74) is 7.16. The maximum atomic E-state index is 12.7. The topological polar surface area (TPSA) is 115 Å². The van der Waals surface area contributed by atoms with Gasteiger partial charge in [-0.25, -0.2) is 4.79 Å². The van der Waals surface area contributed by atoms with Crippen LogP contribution in [-0.4, -0.2) is 34.0 Å². The van der Waals surface area contributed by atoms with Gasteiger partial charge in [0, 0.05) is 5.56 Å². The molecular weight excluding hydrogens is 408 g/mol. The number of hydrogen-bond donors (Lipinski definition) is 3. The van der Waals surface area contributed by atoms with E-state index in [2.05, 4.69) is 15.6 Å². The number of carboxylic acids is 1. The van der Waals surface area contributed by atoms with Crippen LogP contribution in [0.2, 0.25) is 0 Å². The number of amides is 1. The molecule has 3 aromatic rings. The fraction of sp³-hybridized carbons (Fsp3) is 0.0833. The van der Waals surface area contributed by atoms with Crippen molar-refractivity contribution in [3.05, 3.63) is 77.4 Å². The number of hydrazone groups is 2. The highest BCUT2D eigenvalue weighted by Crippen LogP contribution is 2.33. The zero-order chi connectivity index (χ0) is 22.8. The molecular formula is C24H20N4O4. The molecule has 8 nitrogen and oxygen atoms in total. The van der Waals surface area contributed by atoms with Crippen LogP contribution in [0.3, 0.4) is 0 Å². The second-order valence-corrected chi connectivity index (χ2v) is 7.33. The minimum absolute atomic E-state index is 0.143. The Morgan fingerprint density at radius 3 is 2.56 bits per heavy atom. The summed E-state index contributed by atoms with van der Waals surface area (Å²) in [5, 5.41) is 29.1. The first-order valence-corrected chi connectivity index (χ1v) is 9.80. The highest BCUT2D eigenvalue weighted by Gasteiger charge is 2.26. The number of benzene rings is 3. The number of hydrogen-bond acceptors (Lipinski definition) is 6. The fourth-order valence-corrected chi connectivity index (χ4v) is 3.28. The molecule has 0 bridgehead atoms. The van der Waals surface area contributed by atoms with Gasteiger partial charge in [-0.3, -0.25) is 10.2 Å². The first kappa shape index (κ1) is 20.8. The molecule has 0 radical (unpaired) electrons. The number of phenols is 1. The SMILES string of the molecule is Cc1ccc(N2N=CC(=NNc3cccc(-c4cccc(C(=O)O)c4O)c3)C2=O)cc1C. The van der Waals surface area contributed by atoms with Crippen LogP contribution in [0.4, 0.5) is 11.4 Å². The number of aromatic hydroxyl groups is 1. The number of nitrogens with one attached hydrogen (secondary N) is 1. The Kier molecular flexibility index (Phi) is 5.43. The van der Waals surface area contributed by atoms with E-state index >= 15 is 0 Å². The zero-order valence-corrected chi connectivity index (χ0v) is 17.4. The molecule has 0 unspecified atom stereocenters. The summed E-state index contributed by atoms with van der Waals surface area (Å²) in [5.74, 6) is -1.88. The van der Waals surface area contributed by atoms with E-state index in [9.17, 15) is 19.8 Å². The number of carbonyl (C=O) groups excluding carboxylic acids is 1. The van der Waals surface area contributed by atoms with Gasteiger partial charge in [0.05, 0.1) is 17.6 Å². The molecule has 1 aliphatic rings. The van der Waals surface area contributed by atoms with Crippen LogP contribution in [0.1, 0.15) is 21.5 Å². The lowest BCUT2D eigenvalue weighted by Crippen LogP contribution is -2.26. The molecule has 0 aromatic heterocycles. The van der Waals surface area contributed by atoms with Gasteiger partial charge in [-0.05, 0) is 60.9 Å². The van der Waals surface area contributed by atoms with Crippen LogP contribution in [0.5, 0.6) is 5.75 Å². The molecule has 3 N–H and O–H groups in total. The summed E-state index contributed by atoms with van der Waals surface area (Å²) in [6.07, 6.45) is 1.39. The molecule has 1 heterocycles. The van der Waals surface area contributed by atoms with Crippen molar-refractivity contribution in [3.63, 3.8) is 0 Å². The summed E-state index contributed by atoms with van der Waals surface area (Å²) >= 11 is 0. The van der Waals surface area contributed by atoms with Crippen molar-refractivity contribution in [2.75, 3.05) is 10.4 Å². The van der Waals surface area contributed by atoms with E-state index in [1.807, 2.05) is 32.0 Å². The molecule has 1 aliphatic heterocycles. The summed E-state index contributed by atoms with van der Waals surface area (Å²) in [6.45, 7) is 3.97. The second kappa shape index (κ2) is 8.35. The van der Waals surface area contributed by atoms with Gasteiger partial charge in [0.15, 0.2) is 5.71 Å². The Balaban J connectivity index is 1.55. The van der Waals surface area contributed by atoms with E-state index in [0.29, 0.717) is 22.5 Å². The van der Waals surface area contributed by atoms with Gasteiger partial charge in [0.25, 0.3) is 0 Å². The third-order valence-electron chi connectivity index (χ3n) is 5.19. The lowest BCUT2D eigenvalue weighted by Gasteiger charge is -2.13. The van der Waals surface area contributed by atoms with Crippen molar-refractivity contribution in [2.45, 2.75) is 13.8 Å². The van der Waals surface area contributed by atoms with Crippen LogP contribution < -0.4 is 10.4 Å². The molecule has 8 heteroatoms. The van der Waals surface area contributed by atoms with Crippen molar-refractivity contribution < 1.29 is 19.8 Å². The highest BCUT2D eigenvalue weighted by molar-refractivity contribution is 6.65. The maximum Gasteiger partial charge on any atom is 0.339 e. The molecule has 1 amide bonds. The van der Waals surface area contributed by atoms with Crippen LogP contribution >= 0.6 is 0 Å². The summed E-state index contributed by atoms with van der Waals surface area (Å²) in [6, 6.07) is 17.1. The lowest BCUT2D eigenvalue weighted by molar-refractivity contribution is -0.112. The number of carboxylic acid groups (broad SMARTS) is 1. The first-order valence-electron chi connectivity index (χ1n) is 9.80. The lowest BCUT2D eigenvalue weighted by atomic mass is 10.0. The standard InChI is InChI=1S/C24H20N4O4/c1-14-9-10-18(11-15(14)2)28-23(30)21(13-25-28)27-26-17-6-3-5-16(12-17)19-7-4-8-20(22(19)29)24(31)32/h3-13,26,29H,1-2H3,(H,31,32). The Morgan fingerprint density at radius 1 is 1.03 bits per heavy atom. The van der Waals surface area contributed by atoms with Gasteiger partial charge in [0.2, 0.25) is 0 Å². The van der Waals surface area contributed by atoms with Gasteiger partial charge >= 0.3 is 11.9 Å². The Labute approximate surface area is 184 Å². The van der Waals surface area contributed by atoms with Gasteiger partial charge in [0.1, 0.15) is 11.3 Å². The molecule has 32 heavy (non-hydrogen) atoms. The highest BCUT2D eigenvalue weighted by atomic mass is 16.4. The fourth-order valence-electron chi connectivity index (χ4n) is 3.28. The van der Waals surface area contributed by atoms with E-state index < -0.39 is 5.97 Å². The number of carbonyl (C=O) groups is 2. The molecule has 4 rings (SSSR count). The van der Waals surface area contributed by atoms with E-state index in [0.717, 1.165) is 11.1 Å². The Bertz CT molecular complexity index is 1300. The molecule has 0 atom stereocenters. The van der Waals surface area contributed by atoms with Gasteiger partial charge in [-0.15, -0.1) is 0 Å². The van der Waals surface area contributed by atoms with Gasteiger partial charge < -0.3 is 10.2 Å². The maximum absolute atomic E-state index is 12.7. The zero-order valence-electron chi connectivity index (χ0n) is 17.4. The minimum Gasteiger partial charge on any atom is -0.506 e. The first-order chi connectivity index (χ1) is 15.3. The third-order valence-corrected chi connectivity index (χ3v) is 5.19. The third kappa shape index (κ3) is 3.93. The van der Waals surface area contributed by atoms with Crippen molar-refractivity contribution in [1.82, 2.24) is 0 Å². The predicted molar refractivity (Wildman–Crippen MR) is 123 cm³/mol. The number of nitrogens with zero attached hydrogens (tertiary/aromatic N) is 3. The number of aromatic carboxylic acids is 1. The summed E-state index contributed by atoms with van der Waals surface area (Å²) < 4.78 is 0. The average molecular weight is 428 g/mol. The molecule has 0 saturated heterocycles. The summed E-state index contributed by atoms with van der Waals surface area (Å²) in [7, 11) is 0. The van der Waals surface area contributed by atoms with Crippen molar-refractivity contribution in [1.29, 1.82) is 0 Å². The number of para-hydroxylation sites is 1.